The number of hydrogen-bond donors (Lipinski definition) is 6. The van der Waals surface area contributed by atoms with Gasteiger partial charge in [-0.25, -0.2) is 4.79 Å². The first-order valence-corrected chi connectivity index (χ1v) is 12.5. The van der Waals surface area contributed by atoms with Crippen LogP contribution in [-0.2, 0) is 30.4 Å². The van der Waals surface area contributed by atoms with Gasteiger partial charge in [0.15, 0.2) is 0 Å². The molecule has 11 heteroatoms. The molecule has 0 aliphatic rings. The summed E-state index contributed by atoms with van der Waals surface area (Å²) in [6.45, 7) is 7.27. The third-order valence-electron chi connectivity index (χ3n) is 6.03. The summed E-state index contributed by atoms with van der Waals surface area (Å²) in [5, 5.41) is 26.3. The van der Waals surface area contributed by atoms with E-state index in [0.717, 1.165) is 0 Å². The number of carboxylic acids is 2. The lowest BCUT2D eigenvalue weighted by molar-refractivity contribution is -0.143. The van der Waals surface area contributed by atoms with Crippen LogP contribution in [0.1, 0.15) is 58.9 Å². The van der Waals surface area contributed by atoms with Gasteiger partial charge in [0.25, 0.3) is 0 Å². The molecule has 3 amide bonds. The number of rotatable bonds is 16. The minimum absolute atomic E-state index is 0.0533. The zero-order chi connectivity index (χ0) is 28.1. The molecule has 11 nitrogen and oxygen atoms in total. The lowest BCUT2D eigenvalue weighted by atomic mass is 9.98. The summed E-state index contributed by atoms with van der Waals surface area (Å²) in [6, 6.07) is 4.34. The van der Waals surface area contributed by atoms with Crippen LogP contribution >= 0.6 is 0 Å². The van der Waals surface area contributed by atoms with E-state index in [4.69, 9.17) is 10.8 Å². The number of benzene rings is 1. The van der Waals surface area contributed by atoms with Crippen LogP contribution in [0.25, 0.3) is 0 Å². The molecular weight excluding hydrogens is 480 g/mol. The monoisotopic (exact) mass is 520 g/mol. The smallest absolute Gasteiger partial charge is 0.326 e. The van der Waals surface area contributed by atoms with Gasteiger partial charge in [0, 0.05) is 12.8 Å². The Morgan fingerprint density at radius 2 is 1.43 bits per heavy atom. The van der Waals surface area contributed by atoms with Crippen LogP contribution in [0.15, 0.2) is 30.3 Å². The van der Waals surface area contributed by atoms with Gasteiger partial charge in [0.1, 0.15) is 18.1 Å². The van der Waals surface area contributed by atoms with Crippen molar-refractivity contribution in [3.63, 3.8) is 0 Å². The number of amides is 3. The van der Waals surface area contributed by atoms with E-state index in [2.05, 4.69) is 16.0 Å². The molecular formula is C26H40N4O7. The normalized spacial score (nSPS) is 15.1. The van der Waals surface area contributed by atoms with Gasteiger partial charge in [-0.3, -0.25) is 19.2 Å². The standard InChI is InChI=1S/C26H40N4O7/c1-5-16(4)22(26(36)37)30-25(35)20(14-17-9-7-6-8-10-17)29-24(34)19(11-12-21(31)32)28-23(33)18(27)13-15(2)3/h6-10,15-16,18-20,22H,5,11-14,27H2,1-4H3,(H,28,33)(H,29,34)(H,30,35)(H,31,32)(H,36,37). The zero-order valence-corrected chi connectivity index (χ0v) is 21.9. The van der Waals surface area contributed by atoms with E-state index in [9.17, 15) is 29.1 Å². The maximum atomic E-state index is 13.2. The average Bonchev–Trinajstić information content (AvgIpc) is 2.83. The number of nitrogens with one attached hydrogen (secondary N) is 3. The van der Waals surface area contributed by atoms with Crippen LogP contribution in [-0.4, -0.2) is 64.0 Å². The number of carbonyl (C=O) groups excluding carboxylic acids is 3. The van der Waals surface area contributed by atoms with Crippen molar-refractivity contribution in [2.45, 2.75) is 84.0 Å². The quantitative estimate of drug-likeness (QED) is 0.186. The molecule has 5 atom stereocenters. The molecule has 1 rings (SSSR count). The Morgan fingerprint density at radius 3 is 1.95 bits per heavy atom. The molecule has 0 aromatic heterocycles. The van der Waals surface area contributed by atoms with Gasteiger partial charge in [-0.1, -0.05) is 64.4 Å². The van der Waals surface area contributed by atoms with Crippen LogP contribution in [0.3, 0.4) is 0 Å². The Hall–Kier alpha value is -3.47. The lowest BCUT2D eigenvalue weighted by Gasteiger charge is -2.26. The van der Waals surface area contributed by atoms with Crippen molar-refractivity contribution in [3.05, 3.63) is 35.9 Å². The van der Waals surface area contributed by atoms with Crippen molar-refractivity contribution < 1.29 is 34.2 Å². The Morgan fingerprint density at radius 1 is 0.865 bits per heavy atom. The highest BCUT2D eigenvalue weighted by Gasteiger charge is 2.32. The minimum atomic E-state index is -1.25. The third-order valence-corrected chi connectivity index (χ3v) is 6.03. The third kappa shape index (κ3) is 11.4. The number of nitrogens with two attached hydrogens (primary N) is 1. The first-order valence-electron chi connectivity index (χ1n) is 12.5. The van der Waals surface area contributed by atoms with Gasteiger partial charge < -0.3 is 31.9 Å². The Kier molecular flexibility index (Phi) is 13.3. The van der Waals surface area contributed by atoms with Gasteiger partial charge in [0.2, 0.25) is 17.7 Å². The molecule has 7 N–H and O–H groups in total. The van der Waals surface area contributed by atoms with Crippen LogP contribution in [0.5, 0.6) is 0 Å². The average molecular weight is 521 g/mol. The van der Waals surface area contributed by atoms with Crippen LogP contribution in [0.4, 0.5) is 0 Å². The van der Waals surface area contributed by atoms with Crippen molar-refractivity contribution in [2.75, 3.05) is 0 Å². The lowest BCUT2D eigenvalue weighted by Crippen LogP contribution is -2.58. The molecule has 0 aliphatic carbocycles. The second kappa shape index (κ2) is 15.6. The van der Waals surface area contributed by atoms with Crippen LogP contribution in [0.2, 0.25) is 0 Å². The van der Waals surface area contributed by atoms with E-state index in [1.165, 1.54) is 0 Å². The summed E-state index contributed by atoms with van der Waals surface area (Å²) in [5.74, 6) is -4.67. The molecule has 0 radical (unpaired) electrons. The molecule has 1 aromatic rings. The van der Waals surface area contributed by atoms with Gasteiger partial charge in [0.05, 0.1) is 6.04 Å². The highest BCUT2D eigenvalue weighted by Crippen LogP contribution is 2.11. The summed E-state index contributed by atoms with van der Waals surface area (Å²) in [4.78, 5) is 61.8. The maximum Gasteiger partial charge on any atom is 0.326 e. The number of carbonyl (C=O) groups is 5. The molecule has 0 aliphatic heterocycles. The Bertz CT molecular complexity index is 923. The fourth-order valence-electron chi connectivity index (χ4n) is 3.70. The van der Waals surface area contributed by atoms with E-state index >= 15 is 0 Å². The maximum absolute atomic E-state index is 13.2. The fourth-order valence-corrected chi connectivity index (χ4v) is 3.70. The number of aliphatic carboxylic acids is 2. The van der Waals surface area contributed by atoms with Crippen molar-refractivity contribution in [1.29, 1.82) is 0 Å². The molecule has 37 heavy (non-hydrogen) atoms. The molecule has 0 bridgehead atoms. The first kappa shape index (κ1) is 31.6. The predicted molar refractivity (Wildman–Crippen MR) is 137 cm³/mol. The Labute approximate surface area is 217 Å². The number of hydrogen-bond acceptors (Lipinski definition) is 6. The SMILES string of the molecule is CCC(C)C(NC(=O)C(Cc1ccccc1)NC(=O)C(CCC(=O)O)NC(=O)C(N)CC(C)C)C(=O)O. The van der Waals surface area contributed by atoms with Crippen LogP contribution in [0, 0.1) is 11.8 Å². The second-order valence-corrected chi connectivity index (χ2v) is 9.69. The highest BCUT2D eigenvalue weighted by atomic mass is 16.4. The van der Waals surface area contributed by atoms with E-state index < -0.39 is 60.2 Å². The highest BCUT2D eigenvalue weighted by molar-refractivity contribution is 5.94. The van der Waals surface area contributed by atoms with Crippen molar-refractivity contribution in [2.24, 2.45) is 17.6 Å². The number of carboxylic acid groups (broad SMARTS) is 2. The summed E-state index contributed by atoms with van der Waals surface area (Å²) in [5.41, 5.74) is 6.63. The van der Waals surface area contributed by atoms with Crippen LogP contribution < -0.4 is 21.7 Å². The molecule has 1 aromatic carbocycles. The van der Waals surface area contributed by atoms with Gasteiger partial charge in [-0.15, -0.1) is 0 Å². The Balaban J connectivity index is 3.16. The first-order chi connectivity index (χ1) is 17.3. The molecule has 0 fully saturated rings. The van der Waals surface area contributed by atoms with E-state index in [-0.39, 0.29) is 24.7 Å². The van der Waals surface area contributed by atoms with E-state index in [1.54, 1.807) is 44.2 Å². The van der Waals surface area contributed by atoms with Crippen molar-refractivity contribution >= 4 is 29.7 Å². The molecule has 0 saturated carbocycles. The summed E-state index contributed by atoms with van der Waals surface area (Å²) >= 11 is 0. The van der Waals surface area contributed by atoms with Gasteiger partial charge in [-0.2, -0.15) is 0 Å². The largest absolute Gasteiger partial charge is 0.481 e. The summed E-state index contributed by atoms with van der Waals surface area (Å²) < 4.78 is 0. The molecule has 0 heterocycles. The van der Waals surface area contributed by atoms with E-state index in [1.807, 2.05) is 13.8 Å². The van der Waals surface area contributed by atoms with Crippen molar-refractivity contribution in [3.8, 4) is 0 Å². The van der Waals surface area contributed by atoms with Gasteiger partial charge >= 0.3 is 11.9 Å². The zero-order valence-electron chi connectivity index (χ0n) is 21.9. The molecule has 5 unspecified atom stereocenters. The molecule has 0 spiro atoms. The topological polar surface area (TPSA) is 188 Å². The van der Waals surface area contributed by atoms with E-state index in [0.29, 0.717) is 18.4 Å². The van der Waals surface area contributed by atoms with Crippen molar-refractivity contribution in [1.82, 2.24) is 16.0 Å². The summed E-state index contributed by atoms with van der Waals surface area (Å²) in [7, 11) is 0. The van der Waals surface area contributed by atoms with Gasteiger partial charge in [-0.05, 0) is 30.2 Å². The predicted octanol–water partition coefficient (Wildman–Crippen LogP) is 1.05. The molecule has 0 saturated heterocycles. The molecule has 206 valence electrons. The second-order valence-electron chi connectivity index (χ2n) is 9.69. The summed E-state index contributed by atoms with van der Waals surface area (Å²) in [6.07, 6.45) is 0.309. The minimum Gasteiger partial charge on any atom is -0.481 e. The fraction of sp³-hybridized carbons (Fsp3) is 0.577.